The molecule has 2 aromatic heterocycles. The van der Waals surface area contributed by atoms with Gasteiger partial charge in [0.2, 0.25) is 0 Å². The lowest BCUT2D eigenvalue weighted by Gasteiger charge is -2.42. The highest BCUT2D eigenvalue weighted by molar-refractivity contribution is 5.98. The standard InChI is InChI=1S/C21H22N4O3/c1-15-18(19-22-11-6-12-25(19)24-15)20(27)28-13-17(26)23-14-21(9-5-10-21)16-7-3-2-4-8-16/h2-4,6-8,11-12H,5,9-10,13-14H2,1H3,(H,23,26). The van der Waals surface area contributed by atoms with E-state index in [0.29, 0.717) is 17.9 Å². The second-order valence-corrected chi connectivity index (χ2v) is 7.20. The van der Waals surface area contributed by atoms with Gasteiger partial charge < -0.3 is 10.1 Å². The number of aromatic nitrogens is 3. The number of hydrogen-bond acceptors (Lipinski definition) is 5. The summed E-state index contributed by atoms with van der Waals surface area (Å²) in [4.78, 5) is 28.9. The summed E-state index contributed by atoms with van der Waals surface area (Å²) in [5.41, 5.74) is 2.45. The summed E-state index contributed by atoms with van der Waals surface area (Å²) in [6.07, 6.45) is 6.54. The minimum absolute atomic E-state index is 0.0100. The molecule has 28 heavy (non-hydrogen) atoms. The molecule has 1 fully saturated rings. The average molecular weight is 378 g/mol. The summed E-state index contributed by atoms with van der Waals surface area (Å²) in [6, 6.07) is 12.0. The molecule has 1 aliphatic carbocycles. The van der Waals surface area contributed by atoms with E-state index in [0.717, 1.165) is 19.3 Å². The van der Waals surface area contributed by atoms with Crippen molar-refractivity contribution in [3.8, 4) is 0 Å². The summed E-state index contributed by atoms with van der Waals surface area (Å²) in [7, 11) is 0. The Balaban J connectivity index is 1.36. The topological polar surface area (TPSA) is 85.6 Å². The number of carbonyl (C=O) groups is 2. The molecule has 1 saturated carbocycles. The fourth-order valence-corrected chi connectivity index (χ4v) is 3.72. The SMILES string of the molecule is Cc1nn2cccnc2c1C(=O)OCC(=O)NCC1(c2ccccc2)CCC1. The molecule has 144 valence electrons. The molecular formula is C21H22N4O3. The van der Waals surface area contributed by atoms with Crippen molar-refractivity contribution in [2.75, 3.05) is 13.2 Å². The Labute approximate surface area is 162 Å². The lowest BCUT2D eigenvalue weighted by molar-refractivity contribution is -0.124. The molecule has 1 aliphatic rings. The normalized spacial score (nSPS) is 15.0. The maximum Gasteiger partial charge on any atom is 0.344 e. The second kappa shape index (κ2) is 7.42. The molecule has 1 aromatic carbocycles. The zero-order chi connectivity index (χ0) is 19.6. The van der Waals surface area contributed by atoms with E-state index in [4.69, 9.17) is 4.74 Å². The van der Waals surface area contributed by atoms with Crippen LogP contribution in [0.25, 0.3) is 5.65 Å². The van der Waals surface area contributed by atoms with Gasteiger partial charge >= 0.3 is 5.97 Å². The molecule has 0 spiro atoms. The number of amides is 1. The number of nitrogens with one attached hydrogen (secondary N) is 1. The van der Waals surface area contributed by atoms with Crippen molar-refractivity contribution in [2.24, 2.45) is 0 Å². The highest BCUT2D eigenvalue weighted by Crippen LogP contribution is 2.43. The van der Waals surface area contributed by atoms with Gasteiger partial charge in [-0.15, -0.1) is 0 Å². The summed E-state index contributed by atoms with van der Waals surface area (Å²) in [6.45, 7) is 1.93. The zero-order valence-corrected chi connectivity index (χ0v) is 15.7. The molecule has 7 nitrogen and oxygen atoms in total. The van der Waals surface area contributed by atoms with Gasteiger partial charge in [0.15, 0.2) is 12.3 Å². The molecule has 0 radical (unpaired) electrons. The van der Waals surface area contributed by atoms with Crippen LogP contribution >= 0.6 is 0 Å². The first kappa shape index (κ1) is 18.2. The minimum atomic E-state index is -0.595. The van der Waals surface area contributed by atoms with Gasteiger partial charge in [0.05, 0.1) is 5.69 Å². The first-order valence-electron chi connectivity index (χ1n) is 9.38. The predicted molar refractivity (Wildman–Crippen MR) is 103 cm³/mol. The van der Waals surface area contributed by atoms with Crippen molar-refractivity contribution >= 4 is 17.5 Å². The van der Waals surface area contributed by atoms with Crippen LogP contribution in [0.2, 0.25) is 0 Å². The van der Waals surface area contributed by atoms with Crippen LogP contribution < -0.4 is 5.32 Å². The summed E-state index contributed by atoms with van der Waals surface area (Å²) >= 11 is 0. The maximum absolute atomic E-state index is 12.4. The Bertz CT molecular complexity index is 1010. The van der Waals surface area contributed by atoms with Crippen LogP contribution in [0.5, 0.6) is 0 Å². The monoisotopic (exact) mass is 378 g/mol. The van der Waals surface area contributed by atoms with Crippen molar-refractivity contribution in [3.63, 3.8) is 0 Å². The predicted octanol–water partition coefficient (Wildman–Crippen LogP) is 2.43. The lowest BCUT2D eigenvalue weighted by atomic mass is 9.64. The van der Waals surface area contributed by atoms with E-state index in [9.17, 15) is 9.59 Å². The van der Waals surface area contributed by atoms with Gasteiger partial charge in [0.25, 0.3) is 5.91 Å². The van der Waals surface area contributed by atoms with E-state index in [1.807, 2.05) is 18.2 Å². The van der Waals surface area contributed by atoms with Crippen LogP contribution in [0, 0.1) is 6.92 Å². The first-order valence-corrected chi connectivity index (χ1v) is 9.38. The third-order valence-corrected chi connectivity index (χ3v) is 5.43. The Morgan fingerprint density at radius 2 is 2.00 bits per heavy atom. The summed E-state index contributed by atoms with van der Waals surface area (Å²) in [5.74, 6) is -0.902. The van der Waals surface area contributed by atoms with Crippen molar-refractivity contribution in [1.29, 1.82) is 0 Å². The molecular weight excluding hydrogens is 356 g/mol. The quantitative estimate of drug-likeness (QED) is 0.666. The average Bonchev–Trinajstić information content (AvgIpc) is 3.02. The second-order valence-electron chi connectivity index (χ2n) is 7.20. The van der Waals surface area contributed by atoms with Crippen molar-refractivity contribution in [1.82, 2.24) is 19.9 Å². The zero-order valence-electron chi connectivity index (χ0n) is 15.7. The number of esters is 1. The van der Waals surface area contributed by atoms with Crippen LogP contribution in [0.3, 0.4) is 0 Å². The number of benzene rings is 1. The maximum atomic E-state index is 12.4. The number of aryl methyl sites for hydroxylation is 1. The summed E-state index contributed by atoms with van der Waals surface area (Å²) in [5, 5.41) is 7.16. The molecule has 1 amide bonds. The van der Waals surface area contributed by atoms with E-state index in [2.05, 4.69) is 27.5 Å². The Morgan fingerprint density at radius 3 is 2.71 bits per heavy atom. The van der Waals surface area contributed by atoms with E-state index < -0.39 is 5.97 Å². The van der Waals surface area contributed by atoms with Gasteiger partial charge in [0, 0.05) is 24.4 Å². The molecule has 0 atom stereocenters. The van der Waals surface area contributed by atoms with Crippen LogP contribution in [-0.4, -0.2) is 39.6 Å². The smallest absolute Gasteiger partial charge is 0.344 e. The first-order chi connectivity index (χ1) is 13.6. The van der Waals surface area contributed by atoms with E-state index >= 15 is 0 Å². The van der Waals surface area contributed by atoms with Crippen molar-refractivity contribution < 1.29 is 14.3 Å². The van der Waals surface area contributed by atoms with Crippen LogP contribution in [0.15, 0.2) is 48.8 Å². The summed E-state index contributed by atoms with van der Waals surface area (Å²) < 4.78 is 6.74. The number of fused-ring (bicyclic) bond motifs is 1. The molecule has 0 unspecified atom stereocenters. The van der Waals surface area contributed by atoms with E-state index in [1.165, 1.54) is 10.1 Å². The number of carbonyl (C=O) groups excluding carboxylic acids is 2. The van der Waals surface area contributed by atoms with Gasteiger partial charge in [-0.2, -0.15) is 5.10 Å². The minimum Gasteiger partial charge on any atom is -0.452 e. The van der Waals surface area contributed by atoms with E-state index in [1.54, 1.807) is 25.4 Å². The van der Waals surface area contributed by atoms with Gasteiger partial charge in [-0.25, -0.2) is 14.3 Å². The number of nitrogens with zero attached hydrogens (tertiary/aromatic N) is 3. The number of hydrogen-bond donors (Lipinski definition) is 1. The number of rotatable bonds is 6. The molecule has 2 heterocycles. The van der Waals surface area contributed by atoms with Gasteiger partial charge in [-0.05, 0) is 31.4 Å². The van der Waals surface area contributed by atoms with Crippen molar-refractivity contribution in [3.05, 3.63) is 65.6 Å². The Kier molecular flexibility index (Phi) is 4.81. The van der Waals surface area contributed by atoms with Gasteiger partial charge in [-0.1, -0.05) is 36.8 Å². The fraction of sp³-hybridized carbons (Fsp3) is 0.333. The molecule has 0 saturated heterocycles. The highest BCUT2D eigenvalue weighted by Gasteiger charge is 2.38. The van der Waals surface area contributed by atoms with E-state index in [-0.39, 0.29) is 23.5 Å². The Hall–Kier alpha value is -3.22. The molecule has 0 bridgehead atoms. The highest BCUT2D eigenvalue weighted by atomic mass is 16.5. The largest absolute Gasteiger partial charge is 0.452 e. The molecule has 1 N–H and O–H groups in total. The lowest BCUT2D eigenvalue weighted by Crippen LogP contribution is -2.46. The molecule has 4 rings (SSSR count). The van der Waals surface area contributed by atoms with Gasteiger partial charge in [-0.3, -0.25) is 4.79 Å². The van der Waals surface area contributed by atoms with Gasteiger partial charge in [0.1, 0.15) is 5.56 Å². The third-order valence-electron chi connectivity index (χ3n) is 5.43. The van der Waals surface area contributed by atoms with Crippen molar-refractivity contribution in [2.45, 2.75) is 31.6 Å². The van der Waals surface area contributed by atoms with Crippen LogP contribution in [-0.2, 0) is 14.9 Å². The fourth-order valence-electron chi connectivity index (χ4n) is 3.72. The Morgan fingerprint density at radius 1 is 1.21 bits per heavy atom. The van der Waals surface area contributed by atoms with Crippen LogP contribution in [0.1, 0.15) is 40.9 Å². The van der Waals surface area contributed by atoms with Crippen LogP contribution in [0.4, 0.5) is 0 Å². The third kappa shape index (κ3) is 3.35. The molecule has 7 heteroatoms. The molecule has 3 aromatic rings. The molecule has 0 aliphatic heterocycles. The number of ether oxygens (including phenoxy) is 1.